The van der Waals surface area contributed by atoms with Crippen molar-refractivity contribution in [2.75, 3.05) is 5.32 Å². The molecule has 0 radical (unpaired) electrons. The third-order valence-electron chi connectivity index (χ3n) is 4.17. The van der Waals surface area contributed by atoms with E-state index in [1.54, 1.807) is 12.1 Å². The van der Waals surface area contributed by atoms with E-state index in [-0.39, 0.29) is 5.91 Å². The van der Waals surface area contributed by atoms with Crippen molar-refractivity contribution in [3.63, 3.8) is 0 Å². The highest BCUT2D eigenvalue weighted by Gasteiger charge is 2.13. The van der Waals surface area contributed by atoms with Gasteiger partial charge in [-0.25, -0.2) is 9.78 Å². The second-order valence-electron chi connectivity index (χ2n) is 6.43. The number of benzene rings is 1. The smallest absolute Gasteiger partial charge is 0.336 e. The van der Waals surface area contributed by atoms with Crippen molar-refractivity contribution in [3.05, 3.63) is 57.7 Å². The third-order valence-corrected chi connectivity index (χ3v) is 5.15. The van der Waals surface area contributed by atoms with Crippen LogP contribution in [-0.4, -0.2) is 25.5 Å². The van der Waals surface area contributed by atoms with E-state index in [2.05, 4.69) is 20.5 Å². The van der Waals surface area contributed by atoms with Gasteiger partial charge in [-0.05, 0) is 37.6 Å². The molecule has 0 aliphatic carbocycles. The maximum Gasteiger partial charge on any atom is 0.336 e. The summed E-state index contributed by atoms with van der Waals surface area (Å²) in [7, 11) is 0. The fourth-order valence-corrected chi connectivity index (χ4v) is 4.04. The number of thioether (sulfide) groups is 1. The number of aromatic nitrogens is 4. The summed E-state index contributed by atoms with van der Waals surface area (Å²) in [5, 5.41) is 12.6. The highest BCUT2D eigenvalue weighted by molar-refractivity contribution is 7.98. The van der Waals surface area contributed by atoms with Crippen LogP contribution in [0.3, 0.4) is 0 Å². The zero-order valence-electron chi connectivity index (χ0n) is 15.5. The molecule has 142 valence electrons. The first kappa shape index (κ1) is 18.2. The molecule has 3 heterocycles. The zero-order valence-corrected chi connectivity index (χ0v) is 16.3. The Bertz CT molecular complexity index is 1280. The first-order chi connectivity index (χ1) is 13.4. The van der Waals surface area contributed by atoms with Crippen molar-refractivity contribution in [3.8, 4) is 0 Å². The molecule has 0 unspecified atom stereocenters. The van der Waals surface area contributed by atoms with Crippen LogP contribution in [0.15, 0.2) is 44.7 Å². The monoisotopic (exact) mass is 395 g/mol. The van der Waals surface area contributed by atoms with Crippen LogP contribution in [0.1, 0.15) is 23.9 Å². The summed E-state index contributed by atoms with van der Waals surface area (Å²) in [5.41, 5.74) is 3.26. The SMILES string of the molecule is CC(=O)Nc1ccc2c(CSc3nnc4nc(C)cc(C)n34)cc(=O)oc2c1. The van der Waals surface area contributed by atoms with Gasteiger partial charge in [0.1, 0.15) is 5.58 Å². The van der Waals surface area contributed by atoms with Crippen molar-refractivity contribution in [2.24, 2.45) is 0 Å². The van der Waals surface area contributed by atoms with Crippen LogP contribution in [0.5, 0.6) is 0 Å². The van der Waals surface area contributed by atoms with E-state index >= 15 is 0 Å². The molecular weight excluding hydrogens is 378 g/mol. The Hall–Kier alpha value is -3.20. The van der Waals surface area contributed by atoms with Gasteiger partial charge in [0.05, 0.1) is 0 Å². The Morgan fingerprint density at radius 3 is 2.82 bits per heavy atom. The Morgan fingerprint density at radius 2 is 2.04 bits per heavy atom. The predicted octanol–water partition coefficient (Wildman–Crippen LogP) is 3.10. The van der Waals surface area contributed by atoms with E-state index in [9.17, 15) is 9.59 Å². The Kier molecular flexibility index (Phi) is 4.60. The fraction of sp³-hybridized carbons (Fsp3) is 0.211. The number of carbonyl (C=O) groups excluding carboxylic acids is 1. The summed E-state index contributed by atoms with van der Waals surface area (Å²) in [5.74, 6) is 0.874. The van der Waals surface area contributed by atoms with Crippen LogP contribution >= 0.6 is 11.8 Å². The minimum absolute atomic E-state index is 0.189. The van der Waals surface area contributed by atoms with Gasteiger partial charge in [-0.15, -0.1) is 10.2 Å². The number of anilines is 1. The van der Waals surface area contributed by atoms with Gasteiger partial charge < -0.3 is 9.73 Å². The summed E-state index contributed by atoms with van der Waals surface area (Å²) in [6.45, 7) is 5.32. The summed E-state index contributed by atoms with van der Waals surface area (Å²) in [6, 6.07) is 8.71. The highest BCUT2D eigenvalue weighted by atomic mass is 32.2. The lowest BCUT2D eigenvalue weighted by atomic mass is 10.1. The van der Waals surface area contributed by atoms with Gasteiger partial charge in [-0.1, -0.05) is 11.8 Å². The summed E-state index contributed by atoms with van der Waals surface area (Å²) in [4.78, 5) is 27.6. The number of hydrogen-bond donors (Lipinski definition) is 1. The van der Waals surface area contributed by atoms with Gasteiger partial charge in [-0.2, -0.15) is 0 Å². The minimum Gasteiger partial charge on any atom is -0.423 e. The standard InChI is InChI=1S/C19H17N5O3S/c1-10-6-11(2)24-18(20-10)22-23-19(24)28-9-13-7-17(26)27-16-8-14(21-12(3)25)4-5-15(13)16/h4-8H,9H2,1-3H3,(H,21,25). The average Bonchev–Trinajstić information content (AvgIpc) is 3.01. The van der Waals surface area contributed by atoms with E-state index in [0.717, 1.165) is 22.3 Å². The molecule has 4 rings (SSSR count). The second-order valence-corrected chi connectivity index (χ2v) is 7.37. The van der Waals surface area contributed by atoms with Crippen LogP contribution in [0.25, 0.3) is 16.7 Å². The summed E-state index contributed by atoms with van der Waals surface area (Å²) in [6.07, 6.45) is 0. The van der Waals surface area contributed by atoms with Crippen molar-refractivity contribution in [1.82, 2.24) is 19.6 Å². The van der Waals surface area contributed by atoms with Crippen LogP contribution in [0, 0.1) is 13.8 Å². The minimum atomic E-state index is -0.442. The predicted molar refractivity (Wildman–Crippen MR) is 107 cm³/mol. The lowest BCUT2D eigenvalue weighted by Crippen LogP contribution is -2.06. The van der Waals surface area contributed by atoms with Gasteiger partial charge in [-0.3, -0.25) is 9.20 Å². The molecule has 28 heavy (non-hydrogen) atoms. The first-order valence-corrected chi connectivity index (χ1v) is 9.56. The van der Waals surface area contributed by atoms with Crippen LogP contribution in [0.2, 0.25) is 0 Å². The van der Waals surface area contributed by atoms with Gasteiger partial charge >= 0.3 is 5.63 Å². The van der Waals surface area contributed by atoms with Crippen molar-refractivity contribution >= 4 is 40.1 Å². The quantitative estimate of drug-likeness (QED) is 0.418. The number of rotatable bonds is 4. The zero-order chi connectivity index (χ0) is 19.8. The summed E-state index contributed by atoms with van der Waals surface area (Å²) >= 11 is 1.47. The number of amides is 1. The molecule has 8 nitrogen and oxygen atoms in total. The molecule has 0 saturated heterocycles. The molecule has 0 spiro atoms. The average molecular weight is 395 g/mol. The molecule has 0 aliphatic rings. The van der Waals surface area contributed by atoms with Gasteiger partial charge in [0, 0.05) is 47.3 Å². The van der Waals surface area contributed by atoms with Crippen molar-refractivity contribution < 1.29 is 9.21 Å². The van der Waals surface area contributed by atoms with Crippen molar-refractivity contribution in [1.29, 1.82) is 0 Å². The molecule has 0 bridgehead atoms. The van der Waals surface area contributed by atoms with Gasteiger partial charge in [0.25, 0.3) is 5.78 Å². The Morgan fingerprint density at radius 1 is 1.21 bits per heavy atom. The molecule has 4 aromatic rings. The highest BCUT2D eigenvalue weighted by Crippen LogP contribution is 2.27. The van der Waals surface area contributed by atoms with Crippen LogP contribution in [-0.2, 0) is 10.5 Å². The first-order valence-electron chi connectivity index (χ1n) is 8.57. The van der Waals surface area contributed by atoms with E-state index in [0.29, 0.717) is 28.0 Å². The lowest BCUT2D eigenvalue weighted by molar-refractivity contribution is -0.114. The number of fused-ring (bicyclic) bond motifs is 2. The molecule has 0 aliphatic heterocycles. The molecule has 9 heteroatoms. The normalized spacial score (nSPS) is 11.2. The Labute approximate surface area is 164 Å². The molecule has 1 N–H and O–H groups in total. The number of carbonyl (C=O) groups is 1. The van der Waals surface area contributed by atoms with Gasteiger partial charge in [0.2, 0.25) is 5.91 Å². The van der Waals surface area contributed by atoms with Crippen LogP contribution < -0.4 is 10.9 Å². The number of nitrogens with one attached hydrogen (secondary N) is 1. The molecule has 0 atom stereocenters. The van der Waals surface area contributed by atoms with E-state index in [4.69, 9.17) is 4.42 Å². The molecular formula is C19H17N5O3S. The van der Waals surface area contributed by atoms with E-state index in [1.807, 2.05) is 30.4 Å². The molecule has 1 amide bonds. The molecule has 0 saturated carbocycles. The van der Waals surface area contributed by atoms with Crippen molar-refractivity contribution in [2.45, 2.75) is 31.7 Å². The number of aryl methyl sites for hydroxylation is 2. The lowest BCUT2D eigenvalue weighted by Gasteiger charge is -2.08. The number of nitrogens with zero attached hydrogens (tertiary/aromatic N) is 4. The maximum atomic E-state index is 12.0. The molecule has 3 aromatic heterocycles. The second kappa shape index (κ2) is 7.08. The maximum absolute atomic E-state index is 12.0. The van der Waals surface area contributed by atoms with E-state index < -0.39 is 5.63 Å². The molecule has 1 aromatic carbocycles. The Balaban J connectivity index is 1.68. The molecule has 0 fully saturated rings. The third kappa shape index (κ3) is 3.48. The van der Waals surface area contributed by atoms with Crippen LogP contribution in [0.4, 0.5) is 5.69 Å². The largest absolute Gasteiger partial charge is 0.423 e. The fourth-order valence-electron chi connectivity index (χ4n) is 3.07. The van der Waals surface area contributed by atoms with Gasteiger partial charge in [0.15, 0.2) is 5.16 Å². The topological polar surface area (TPSA) is 102 Å². The number of hydrogen-bond acceptors (Lipinski definition) is 7. The van der Waals surface area contributed by atoms with E-state index in [1.165, 1.54) is 24.8 Å². The summed E-state index contributed by atoms with van der Waals surface area (Å²) < 4.78 is 7.19.